The first-order chi connectivity index (χ1) is 12.9. The molecule has 0 bridgehead atoms. The number of aromatic nitrogens is 3. The van der Waals surface area contributed by atoms with Crippen molar-refractivity contribution in [3.05, 3.63) is 41.0 Å². The lowest BCUT2D eigenvalue weighted by molar-refractivity contribution is 0.156. The number of phenols is 1. The van der Waals surface area contributed by atoms with Crippen LogP contribution in [0, 0.1) is 6.92 Å². The van der Waals surface area contributed by atoms with Gasteiger partial charge in [-0.15, -0.1) is 10.2 Å². The van der Waals surface area contributed by atoms with Gasteiger partial charge in [-0.25, -0.2) is 4.79 Å². The molecule has 2 aromatic heterocycles. The molecule has 27 heavy (non-hydrogen) atoms. The van der Waals surface area contributed by atoms with E-state index in [0.29, 0.717) is 35.0 Å². The topological polar surface area (TPSA) is 74.5 Å². The van der Waals surface area contributed by atoms with Crippen LogP contribution in [0.25, 0.3) is 22.3 Å². The standard InChI is InChI=1S/C19H20ClN5O2/c1-12-9-14(20)11-16(26)17(12)15-10-13-3-4-25(18(13)22-21-15)19(27)24-7-5-23(2)6-8-24/h3-4,9-11,26H,5-8H2,1-2H3. The summed E-state index contributed by atoms with van der Waals surface area (Å²) in [5, 5.41) is 20.0. The van der Waals surface area contributed by atoms with Crippen LogP contribution in [0.4, 0.5) is 4.79 Å². The van der Waals surface area contributed by atoms with Crippen molar-refractivity contribution in [2.24, 2.45) is 0 Å². The number of amides is 1. The predicted octanol–water partition coefficient (Wildman–Crippen LogP) is 2.98. The van der Waals surface area contributed by atoms with Gasteiger partial charge in [0.1, 0.15) is 5.75 Å². The summed E-state index contributed by atoms with van der Waals surface area (Å²) in [4.78, 5) is 16.9. The molecule has 1 fully saturated rings. The molecule has 0 aliphatic carbocycles. The Morgan fingerprint density at radius 1 is 1.15 bits per heavy atom. The van der Waals surface area contributed by atoms with E-state index in [1.54, 1.807) is 12.3 Å². The summed E-state index contributed by atoms with van der Waals surface area (Å²) in [7, 11) is 2.05. The van der Waals surface area contributed by atoms with Crippen molar-refractivity contribution < 1.29 is 9.90 Å². The molecule has 1 aliphatic heterocycles. The first kappa shape index (κ1) is 17.8. The van der Waals surface area contributed by atoms with Crippen molar-refractivity contribution in [3.8, 4) is 17.0 Å². The highest BCUT2D eigenvalue weighted by molar-refractivity contribution is 6.31. The van der Waals surface area contributed by atoms with Gasteiger partial charge in [0.2, 0.25) is 0 Å². The maximum atomic E-state index is 12.8. The molecule has 3 aromatic rings. The normalized spacial score (nSPS) is 15.4. The second kappa shape index (κ2) is 6.83. The van der Waals surface area contributed by atoms with Gasteiger partial charge in [0.15, 0.2) is 5.65 Å². The fourth-order valence-electron chi connectivity index (χ4n) is 3.42. The van der Waals surface area contributed by atoms with E-state index in [1.807, 2.05) is 31.0 Å². The van der Waals surface area contributed by atoms with Gasteiger partial charge in [-0.05, 0) is 43.8 Å². The number of piperazine rings is 1. The fourth-order valence-corrected chi connectivity index (χ4v) is 3.69. The highest BCUT2D eigenvalue weighted by atomic mass is 35.5. The fraction of sp³-hybridized carbons (Fsp3) is 0.316. The summed E-state index contributed by atoms with van der Waals surface area (Å²) in [6.45, 7) is 4.96. The molecule has 0 atom stereocenters. The van der Waals surface area contributed by atoms with Crippen molar-refractivity contribution >= 4 is 28.7 Å². The molecule has 0 radical (unpaired) electrons. The molecule has 140 valence electrons. The molecule has 1 saturated heterocycles. The van der Waals surface area contributed by atoms with E-state index in [4.69, 9.17) is 11.6 Å². The van der Waals surface area contributed by atoms with Crippen molar-refractivity contribution in [3.63, 3.8) is 0 Å². The molecule has 1 N–H and O–H groups in total. The van der Waals surface area contributed by atoms with Gasteiger partial charge in [0.25, 0.3) is 0 Å². The van der Waals surface area contributed by atoms with Crippen LogP contribution in [0.3, 0.4) is 0 Å². The number of aryl methyl sites for hydroxylation is 1. The van der Waals surface area contributed by atoms with Crippen molar-refractivity contribution in [1.29, 1.82) is 0 Å². The minimum Gasteiger partial charge on any atom is -0.507 e. The Morgan fingerprint density at radius 3 is 2.59 bits per heavy atom. The lowest BCUT2D eigenvalue weighted by atomic mass is 10.0. The summed E-state index contributed by atoms with van der Waals surface area (Å²) >= 11 is 5.98. The number of phenolic OH excluding ortho intramolecular Hbond substituents is 1. The second-order valence-corrected chi connectivity index (χ2v) is 7.32. The molecule has 1 aromatic carbocycles. The van der Waals surface area contributed by atoms with Gasteiger partial charge in [0, 0.05) is 48.3 Å². The van der Waals surface area contributed by atoms with Crippen LogP contribution in [-0.2, 0) is 0 Å². The number of rotatable bonds is 1. The predicted molar refractivity (Wildman–Crippen MR) is 104 cm³/mol. The van der Waals surface area contributed by atoms with Crippen LogP contribution in [0.5, 0.6) is 5.75 Å². The molecule has 1 aliphatic rings. The van der Waals surface area contributed by atoms with Crippen LogP contribution in [-0.4, -0.2) is 68.9 Å². The van der Waals surface area contributed by atoms with Crippen LogP contribution in [0.15, 0.2) is 30.5 Å². The van der Waals surface area contributed by atoms with Crippen molar-refractivity contribution in [2.75, 3.05) is 33.2 Å². The minimum absolute atomic E-state index is 0.0570. The second-order valence-electron chi connectivity index (χ2n) is 6.88. The number of aromatic hydroxyl groups is 1. The van der Waals surface area contributed by atoms with Crippen molar-refractivity contribution in [2.45, 2.75) is 6.92 Å². The molecular formula is C19H20ClN5O2. The number of hydrogen-bond donors (Lipinski definition) is 1. The van der Waals surface area contributed by atoms with Crippen LogP contribution in [0.1, 0.15) is 5.56 Å². The van der Waals surface area contributed by atoms with E-state index >= 15 is 0 Å². The van der Waals surface area contributed by atoms with Gasteiger partial charge in [-0.2, -0.15) is 0 Å². The molecular weight excluding hydrogens is 366 g/mol. The minimum atomic E-state index is -0.0920. The summed E-state index contributed by atoms with van der Waals surface area (Å²) in [5.41, 5.74) is 2.45. The summed E-state index contributed by atoms with van der Waals surface area (Å²) < 4.78 is 1.53. The zero-order valence-electron chi connectivity index (χ0n) is 15.2. The molecule has 0 saturated carbocycles. The number of nitrogens with zero attached hydrogens (tertiary/aromatic N) is 5. The highest BCUT2D eigenvalue weighted by Gasteiger charge is 2.22. The maximum absolute atomic E-state index is 12.8. The molecule has 1 amide bonds. The summed E-state index contributed by atoms with van der Waals surface area (Å²) in [5.74, 6) is 0.0570. The Hall–Kier alpha value is -2.64. The Morgan fingerprint density at radius 2 is 1.89 bits per heavy atom. The number of hydrogen-bond acceptors (Lipinski definition) is 5. The lowest BCUT2D eigenvalue weighted by Crippen LogP contribution is -2.48. The summed E-state index contributed by atoms with van der Waals surface area (Å²) in [6, 6.07) is 6.82. The van der Waals surface area contributed by atoms with E-state index in [9.17, 15) is 9.90 Å². The monoisotopic (exact) mass is 385 g/mol. The van der Waals surface area contributed by atoms with E-state index in [-0.39, 0.29) is 11.8 Å². The molecule has 7 nitrogen and oxygen atoms in total. The third-order valence-electron chi connectivity index (χ3n) is 4.95. The van der Waals surface area contributed by atoms with Crippen LogP contribution >= 0.6 is 11.6 Å². The number of likely N-dealkylation sites (N-methyl/N-ethyl adjacent to an activating group) is 1. The zero-order valence-corrected chi connectivity index (χ0v) is 15.9. The number of carbonyl (C=O) groups excluding carboxylic acids is 1. The van der Waals surface area contributed by atoms with E-state index < -0.39 is 0 Å². The van der Waals surface area contributed by atoms with E-state index in [0.717, 1.165) is 24.0 Å². The Bertz CT molecular complexity index is 1000. The molecule has 0 spiro atoms. The van der Waals surface area contributed by atoms with Gasteiger partial charge in [-0.1, -0.05) is 11.6 Å². The number of carbonyl (C=O) groups is 1. The Kier molecular flexibility index (Phi) is 4.49. The molecule has 4 rings (SSSR count). The third-order valence-corrected chi connectivity index (χ3v) is 5.17. The quantitative estimate of drug-likeness (QED) is 0.697. The number of benzene rings is 1. The van der Waals surface area contributed by atoms with Crippen LogP contribution < -0.4 is 0 Å². The maximum Gasteiger partial charge on any atom is 0.329 e. The zero-order chi connectivity index (χ0) is 19.1. The van der Waals surface area contributed by atoms with Crippen LogP contribution in [0.2, 0.25) is 5.02 Å². The van der Waals surface area contributed by atoms with Gasteiger partial charge >= 0.3 is 6.03 Å². The molecule has 3 heterocycles. The van der Waals surface area contributed by atoms with Gasteiger partial charge in [-0.3, -0.25) is 4.57 Å². The summed E-state index contributed by atoms with van der Waals surface area (Å²) in [6.07, 6.45) is 1.72. The van der Waals surface area contributed by atoms with E-state index in [2.05, 4.69) is 15.1 Å². The lowest BCUT2D eigenvalue weighted by Gasteiger charge is -2.32. The average Bonchev–Trinajstić information content (AvgIpc) is 3.04. The molecule has 0 unspecified atom stereocenters. The highest BCUT2D eigenvalue weighted by Crippen LogP contribution is 2.34. The Labute approximate surface area is 161 Å². The van der Waals surface area contributed by atoms with Crippen molar-refractivity contribution in [1.82, 2.24) is 24.6 Å². The number of halogens is 1. The average molecular weight is 386 g/mol. The van der Waals surface area contributed by atoms with Gasteiger partial charge < -0.3 is 14.9 Å². The molecule has 8 heteroatoms. The third kappa shape index (κ3) is 3.24. The van der Waals surface area contributed by atoms with E-state index in [1.165, 1.54) is 10.6 Å². The Balaban J connectivity index is 1.69. The SMILES string of the molecule is Cc1cc(Cl)cc(O)c1-c1cc2ccn(C(=O)N3CCN(C)CC3)c2nn1. The smallest absolute Gasteiger partial charge is 0.329 e. The van der Waals surface area contributed by atoms with Gasteiger partial charge in [0.05, 0.1) is 5.69 Å². The largest absolute Gasteiger partial charge is 0.507 e. The first-order valence-electron chi connectivity index (χ1n) is 8.76. The first-order valence-corrected chi connectivity index (χ1v) is 9.14. The number of fused-ring (bicyclic) bond motifs is 1.